The highest BCUT2D eigenvalue weighted by atomic mass is 35.5. The lowest BCUT2D eigenvalue weighted by molar-refractivity contribution is -0.122. The Labute approximate surface area is 175 Å². The highest BCUT2D eigenvalue weighted by Crippen LogP contribution is 2.34. The number of thioether (sulfide) groups is 1. The summed E-state index contributed by atoms with van der Waals surface area (Å²) in [6.45, 7) is -0.0929. The van der Waals surface area contributed by atoms with Gasteiger partial charge in [0.2, 0.25) is 0 Å². The molecule has 0 bridgehead atoms. The van der Waals surface area contributed by atoms with Crippen LogP contribution in [-0.4, -0.2) is 35.8 Å². The minimum atomic E-state index is -0.519. The Morgan fingerprint density at radius 1 is 1.21 bits per heavy atom. The second-order valence-electron chi connectivity index (χ2n) is 5.65. The standard InChI is InChI=1S/C19H14Cl2N2O4S/c1-27-18(25)13-4-2-3-5-15(13)22-10-23-17(24)16(28-19(23)26)8-11-6-7-12(20)9-14(11)21/h2-9,22H,10H2,1H3. The molecule has 144 valence electrons. The van der Waals surface area contributed by atoms with Crippen LogP contribution in [0.4, 0.5) is 10.5 Å². The van der Waals surface area contributed by atoms with Gasteiger partial charge < -0.3 is 10.1 Å². The molecule has 1 heterocycles. The molecule has 1 N–H and O–H groups in total. The number of carbonyl (C=O) groups excluding carboxylic acids is 3. The van der Waals surface area contributed by atoms with E-state index in [1.54, 1.807) is 48.5 Å². The number of imide groups is 1. The third-order valence-corrected chi connectivity index (χ3v) is 5.35. The molecule has 2 aromatic carbocycles. The SMILES string of the molecule is COC(=O)c1ccccc1NCN1C(=O)SC(=Cc2ccc(Cl)cc2Cl)C1=O. The quantitative estimate of drug-likeness (QED) is 0.531. The van der Waals surface area contributed by atoms with E-state index in [0.29, 0.717) is 26.9 Å². The van der Waals surface area contributed by atoms with Gasteiger partial charge in [-0.3, -0.25) is 14.5 Å². The van der Waals surface area contributed by atoms with Crippen LogP contribution in [0.5, 0.6) is 0 Å². The Morgan fingerprint density at radius 2 is 1.96 bits per heavy atom. The van der Waals surface area contributed by atoms with E-state index in [1.807, 2.05) is 0 Å². The molecule has 0 unspecified atom stereocenters. The van der Waals surface area contributed by atoms with Crippen molar-refractivity contribution in [2.75, 3.05) is 19.1 Å². The number of halogens is 2. The summed E-state index contributed by atoms with van der Waals surface area (Å²) in [4.78, 5) is 38.0. The van der Waals surface area contributed by atoms with Crippen LogP contribution >= 0.6 is 35.0 Å². The Bertz CT molecular complexity index is 994. The van der Waals surface area contributed by atoms with Crippen molar-refractivity contribution in [3.05, 3.63) is 68.5 Å². The Morgan fingerprint density at radius 3 is 2.68 bits per heavy atom. The summed E-state index contributed by atoms with van der Waals surface area (Å²) in [5, 5.41) is 3.36. The predicted molar refractivity (Wildman–Crippen MR) is 111 cm³/mol. The van der Waals surface area contributed by atoms with Crippen LogP contribution in [0.2, 0.25) is 10.0 Å². The summed E-state index contributed by atoms with van der Waals surface area (Å²) in [6, 6.07) is 11.5. The number of nitrogens with zero attached hydrogens (tertiary/aromatic N) is 1. The summed E-state index contributed by atoms with van der Waals surface area (Å²) in [6.07, 6.45) is 1.55. The molecule has 28 heavy (non-hydrogen) atoms. The van der Waals surface area contributed by atoms with Gasteiger partial charge in [-0.1, -0.05) is 41.4 Å². The lowest BCUT2D eigenvalue weighted by Crippen LogP contribution is -2.33. The van der Waals surface area contributed by atoms with Gasteiger partial charge in [0.1, 0.15) is 0 Å². The van der Waals surface area contributed by atoms with Gasteiger partial charge in [0, 0.05) is 10.0 Å². The number of rotatable bonds is 5. The van der Waals surface area contributed by atoms with Crippen molar-refractivity contribution in [3.63, 3.8) is 0 Å². The van der Waals surface area contributed by atoms with Gasteiger partial charge in [-0.25, -0.2) is 4.79 Å². The molecular weight excluding hydrogens is 423 g/mol. The molecule has 6 nitrogen and oxygen atoms in total. The fourth-order valence-electron chi connectivity index (χ4n) is 2.49. The van der Waals surface area contributed by atoms with Gasteiger partial charge in [0.05, 0.1) is 29.9 Å². The summed E-state index contributed by atoms with van der Waals surface area (Å²) < 4.78 is 4.73. The average molecular weight is 437 g/mol. The summed E-state index contributed by atoms with van der Waals surface area (Å²) in [7, 11) is 1.28. The second-order valence-corrected chi connectivity index (χ2v) is 7.48. The Hall–Kier alpha value is -2.48. The van der Waals surface area contributed by atoms with Gasteiger partial charge in [-0.05, 0) is 47.7 Å². The number of methoxy groups -OCH3 is 1. The van der Waals surface area contributed by atoms with Gasteiger partial charge in [0.15, 0.2) is 0 Å². The average Bonchev–Trinajstić information content (AvgIpc) is 2.95. The molecule has 0 atom stereocenters. The molecule has 2 aromatic rings. The molecule has 1 fully saturated rings. The van der Waals surface area contributed by atoms with Gasteiger partial charge >= 0.3 is 5.97 Å². The third-order valence-electron chi connectivity index (χ3n) is 3.88. The van der Waals surface area contributed by atoms with E-state index in [2.05, 4.69) is 5.32 Å². The van der Waals surface area contributed by atoms with Crippen LogP contribution in [0.15, 0.2) is 47.4 Å². The van der Waals surface area contributed by atoms with Crippen molar-refractivity contribution in [2.24, 2.45) is 0 Å². The zero-order chi connectivity index (χ0) is 20.3. The monoisotopic (exact) mass is 436 g/mol. The zero-order valence-electron chi connectivity index (χ0n) is 14.6. The number of hydrogen-bond acceptors (Lipinski definition) is 6. The van der Waals surface area contributed by atoms with E-state index in [0.717, 1.165) is 16.7 Å². The van der Waals surface area contributed by atoms with Crippen LogP contribution < -0.4 is 5.32 Å². The molecule has 3 rings (SSSR count). The number of esters is 1. The van der Waals surface area contributed by atoms with Crippen molar-refractivity contribution in [1.29, 1.82) is 0 Å². The number of para-hydroxylation sites is 1. The van der Waals surface area contributed by atoms with E-state index >= 15 is 0 Å². The number of ether oxygens (including phenoxy) is 1. The maximum atomic E-state index is 12.6. The molecule has 1 saturated heterocycles. The van der Waals surface area contributed by atoms with Crippen LogP contribution in [0, 0.1) is 0 Å². The highest BCUT2D eigenvalue weighted by Gasteiger charge is 2.35. The first-order chi connectivity index (χ1) is 13.4. The first kappa shape index (κ1) is 20.3. The van der Waals surface area contributed by atoms with Gasteiger partial charge in [-0.2, -0.15) is 0 Å². The van der Waals surface area contributed by atoms with E-state index in [4.69, 9.17) is 27.9 Å². The second kappa shape index (κ2) is 8.68. The van der Waals surface area contributed by atoms with Crippen molar-refractivity contribution >= 4 is 63.8 Å². The number of nitrogens with one attached hydrogen (secondary N) is 1. The molecule has 9 heteroatoms. The number of benzene rings is 2. The van der Waals surface area contributed by atoms with Crippen LogP contribution in [0.25, 0.3) is 6.08 Å². The van der Waals surface area contributed by atoms with E-state index < -0.39 is 17.1 Å². The predicted octanol–water partition coefficient (Wildman–Crippen LogP) is 4.89. The maximum absolute atomic E-state index is 12.6. The van der Waals surface area contributed by atoms with Crippen molar-refractivity contribution in [2.45, 2.75) is 0 Å². The smallest absolute Gasteiger partial charge is 0.339 e. The fourth-order valence-corrected chi connectivity index (χ4v) is 3.78. The number of hydrogen-bond donors (Lipinski definition) is 1. The Balaban J connectivity index is 1.76. The number of amides is 2. The van der Waals surface area contributed by atoms with Crippen LogP contribution in [-0.2, 0) is 9.53 Å². The molecule has 1 aliphatic rings. The summed E-state index contributed by atoms with van der Waals surface area (Å²) in [5.41, 5.74) is 1.35. The van der Waals surface area contributed by atoms with Crippen LogP contribution in [0.3, 0.4) is 0 Å². The molecule has 1 aliphatic heterocycles. The largest absolute Gasteiger partial charge is 0.465 e. The minimum Gasteiger partial charge on any atom is -0.465 e. The normalized spacial score (nSPS) is 15.2. The topological polar surface area (TPSA) is 75.7 Å². The summed E-state index contributed by atoms with van der Waals surface area (Å²) >= 11 is 12.8. The molecule has 2 amide bonds. The fraction of sp³-hybridized carbons (Fsp3) is 0.105. The van der Waals surface area contributed by atoms with E-state index in [1.165, 1.54) is 7.11 Å². The lowest BCUT2D eigenvalue weighted by atomic mass is 10.2. The zero-order valence-corrected chi connectivity index (χ0v) is 16.9. The van der Waals surface area contributed by atoms with E-state index in [-0.39, 0.29) is 11.6 Å². The van der Waals surface area contributed by atoms with E-state index in [9.17, 15) is 14.4 Å². The molecular formula is C19H14Cl2N2O4S. The first-order valence-electron chi connectivity index (χ1n) is 8.02. The molecule has 0 saturated carbocycles. The minimum absolute atomic E-state index is 0.0929. The van der Waals surface area contributed by atoms with Crippen LogP contribution in [0.1, 0.15) is 15.9 Å². The lowest BCUT2D eigenvalue weighted by Gasteiger charge is -2.16. The number of anilines is 1. The summed E-state index contributed by atoms with van der Waals surface area (Å²) in [5.74, 6) is -0.974. The van der Waals surface area contributed by atoms with Crippen molar-refractivity contribution in [1.82, 2.24) is 4.90 Å². The van der Waals surface area contributed by atoms with Crippen molar-refractivity contribution in [3.8, 4) is 0 Å². The van der Waals surface area contributed by atoms with Gasteiger partial charge in [-0.15, -0.1) is 0 Å². The maximum Gasteiger partial charge on any atom is 0.339 e. The third kappa shape index (κ3) is 4.32. The molecule has 0 spiro atoms. The van der Waals surface area contributed by atoms with Crippen molar-refractivity contribution < 1.29 is 19.1 Å². The highest BCUT2D eigenvalue weighted by molar-refractivity contribution is 8.18. The molecule has 0 radical (unpaired) electrons. The Kier molecular flexibility index (Phi) is 6.28. The van der Waals surface area contributed by atoms with Gasteiger partial charge in [0.25, 0.3) is 11.1 Å². The molecule has 0 aliphatic carbocycles. The molecule has 0 aromatic heterocycles. The number of carbonyl (C=O) groups is 3. The first-order valence-corrected chi connectivity index (χ1v) is 9.59.